The second-order valence-corrected chi connectivity index (χ2v) is 7.59. The Bertz CT molecular complexity index is 520. The van der Waals surface area contributed by atoms with E-state index in [-0.39, 0.29) is 1.43 Å². The van der Waals surface area contributed by atoms with E-state index < -0.39 is 0 Å². The Balaban J connectivity index is 0.00000144. The average molecular weight is 307 g/mol. The maximum atomic E-state index is 6.24. The van der Waals surface area contributed by atoms with Gasteiger partial charge in [-0.2, -0.15) is 0 Å². The third-order valence-electron chi connectivity index (χ3n) is 6.02. The summed E-state index contributed by atoms with van der Waals surface area (Å²) >= 11 is 6.24. The van der Waals surface area contributed by atoms with Gasteiger partial charge in [0.25, 0.3) is 0 Å². The molecule has 2 heterocycles. The summed E-state index contributed by atoms with van der Waals surface area (Å²) in [6.07, 6.45) is 9.73. The van der Waals surface area contributed by atoms with Gasteiger partial charge in [0.1, 0.15) is 0 Å². The minimum Gasteiger partial charge on any atom is -0.384 e. The fourth-order valence-corrected chi connectivity index (χ4v) is 4.85. The highest BCUT2D eigenvalue weighted by Crippen LogP contribution is 2.45. The molecule has 1 aromatic carbocycles. The van der Waals surface area contributed by atoms with Gasteiger partial charge < -0.3 is 10.2 Å². The quantitative estimate of drug-likeness (QED) is 0.810. The molecule has 3 aliphatic rings. The first-order chi connectivity index (χ1) is 10.3. The van der Waals surface area contributed by atoms with Gasteiger partial charge >= 0.3 is 0 Å². The number of fused-ring (bicyclic) bond motifs is 2. The number of hydrogen-bond acceptors (Lipinski definition) is 2. The zero-order valence-electron chi connectivity index (χ0n) is 12.7. The molecule has 2 fully saturated rings. The number of rotatable bonds is 1. The van der Waals surface area contributed by atoms with Crippen LogP contribution in [0.4, 0.5) is 5.69 Å². The van der Waals surface area contributed by atoms with Crippen molar-refractivity contribution >= 4 is 17.3 Å². The van der Waals surface area contributed by atoms with Crippen molar-refractivity contribution in [2.45, 2.75) is 56.4 Å². The van der Waals surface area contributed by atoms with E-state index in [4.69, 9.17) is 11.6 Å². The van der Waals surface area contributed by atoms with Crippen molar-refractivity contribution in [3.8, 4) is 0 Å². The number of halogens is 1. The Morgan fingerprint density at radius 1 is 1.14 bits per heavy atom. The normalized spacial score (nSPS) is 25.8. The van der Waals surface area contributed by atoms with Crippen LogP contribution >= 0.6 is 11.6 Å². The van der Waals surface area contributed by atoms with E-state index in [1.807, 2.05) is 6.07 Å². The first-order valence-electron chi connectivity index (χ1n) is 8.55. The van der Waals surface area contributed by atoms with E-state index in [1.54, 1.807) is 0 Å². The van der Waals surface area contributed by atoms with E-state index in [0.29, 0.717) is 5.41 Å². The van der Waals surface area contributed by atoms with Crippen molar-refractivity contribution in [2.75, 3.05) is 25.0 Å². The number of anilines is 1. The molecule has 1 saturated carbocycles. The van der Waals surface area contributed by atoms with Crippen LogP contribution in [0.15, 0.2) is 18.2 Å². The molecule has 2 nitrogen and oxygen atoms in total. The molecule has 3 heteroatoms. The summed E-state index contributed by atoms with van der Waals surface area (Å²) in [6, 6.07) is 7.22. The summed E-state index contributed by atoms with van der Waals surface area (Å²) in [7, 11) is 0. The highest BCUT2D eigenvalue weighted by atomic mass is 35.5. The van der Waals surface area contributed by atoms with Crippen molar-refractivity contribution in [2.24, 2.45) is 0 Å². The zero-order valence-corrected chi connectivity index (χ0v) is 13.5. The molecule has 1 aromatic rings. The van der Waals surface area contributed by atoms with Gasteiger partial charge in [-0.05, 0) is 62.5 Å². The number of benzene rings is 1. The largest absolute Gasteiger partial charge is 0.384 e. The molecule has 2 aliphatic heterocycles. The van der Waals surface area contributed by atoms with Crippen LogP contribution in [0.1, 0.15) is 51.9 Å². The molecule has 1 spiro atoms. The fourth-order valence-electron chi connectivity index (χ4n) is 4.68. The van der Waals surface area contributed by atoms with Crippen LogP contribution in [0.2, 0.25) is 5.02 Å². The summed E-state index contributed by atoms with van der Waals surface area (Å²) in [5, 5.41) is 4.49. The van der Waals surface area contributed by atoms with Crippen LogP contribution in [-0.2, 0) is 5.41 Å². The van der Waals surface area contributed by atoms with E-state index in [0.717, 1.165) is 17.6 Å². The third kappa shape index (κ3) is 2.47. The van der Waals surface area contributed by atoms with Gasteiger partial charge in [-0.3, -0.25) is 0 Å². The topological polar surface area (TPSA) is 15.3 Å². The Kier molecular flexibility index (Phi) is 3.63. The Labute approximate surface area is 134 Å². The Hall–Kier alpha value is -0.730. The third-order valence-corrected chi connectivity index (χ3v) is 6.25. The molecule has 0 unspecified atom stereocenters. The molecule has 1 saturated heterocycles. The van der Waals surface area contributed by atoms with Crippen LogP contribution < -0.4 is 5.32 Å². The lowest BCUT2D eigenvalue weighted by atomic mass is 9.73. The van der Waals surface area contributed by atoms with Crippen LogP contribution in [0.25, 0.3) is 0 Å². The second-order valence-electron chi connectivity index (χ2n) is 7.15. The Morgan fingerprint density at radius 3 is 2.67 bits per heavy atom. The molecule has 1 aliphatic carbocycles. The summed E-state index contributed by atoms with van der Waals surface area (Å²) < 4.78 is 0. The minimum atomic E-state index is 0. The molecule has 21 heavy (non-hydrogen) atoms. The van der Waals surface area contributed by atoms with Gasteiger partial charge in [0.15, 0.2) is 0 Å². The molecule has 0 radical (unpaired) electrons. The molecule has 116 valence electrons. The molecule has 0 aromatic heterocycles. The minimum absolute atomic E-state index is 0. The van der Waals surface area contributed by atoms with Gasteiger partial charge in [-0.25, -0.2) is 0 Å². The lowest BCUT2D eigenvalue weighted by Gasteiger charge is -2.43. The van der Waals surface area contributed by atoms with Gasteiger partial charge in [0.05, 0.1) is 0 Å². The summed E-state index contributed by atoms with van der Waals surface area (Å²) in [4.78, 5) is 2.77. The molecular weight excluding hydrogens is 280 g/mol. The smallest absolute Gasteiger partial charge is 0.0410 e. The number of hydrogen-bond donors (Lipinski definition) is 1. The van der Waals surface area contributed by atoms with Gasteiger partial charge in [0.2, 0.25) is 0 Å². The standard InChI is InChI=1S/C18H25ClN2.H2/c19-14-6-7-17-16(12-14)18(13-20-17)8-10-21(11-9-18)15-4-2-1-3-5-15;/h6-7,12,15,20H,1-5,8-11,13H2;1H. The van der Waals surface area contributed by atoms with E-state index in [1.165, 1.54) is 69.3 Å². The highest BCUT2D eigenvalue weighted by Gasteiger charge is 2.42. The highest BCUT2D eigenvalue weighted by molar-refractivity contribution is 6.30. The van der Waals surface area contributed by atoms with Crippen molar-refractivity contribution in [1.82, 2.24) is 4.90 Å². The molecule has 4 rings (SSSR count). The second kappa shape index (κ2) is 5.48. The summed E-state index contributed by atoms with van der Waals surface area (Å²) in [5.74, 6) is 0. The van der Waals surface area contributed by atoms with Gasteiger partial charge in [-0.1, -0.05) is 30.9 Å². The van der Waals surface area contributed by atoms with Gasteiger partial charge in [-0.15, -0.1) is 0 Å². The molecule has 1 N–H and O–H groups in total. The molecule has 0 amide bonds. The van der Waals surface area contributed by atoms with Crippen molar-refractivity contribution in [3.63, 3.8) is 0 Å². The zero-order chi connectivity index (χ0) is 14.3. The first-order valence-corrected chi connectivity index (χ1v) is 8.93. The van der Waals surface area contributed by atoms with Crippen LogP contribution in [0, 0.1) is 0 Å². The van der Waals surface area contributed by atoms with Crippen LogP contribution in [0.3, 0.4) is 0 Å². The average Bonchev–Trinajstić information content (AvgIpc) is 2.87. The fraction of sp³-hybridized carbons (Fsp3) is 0.667. The van der Waals surface area contributed by atoms with E-state index in [9.17, 15) is 0 Å². The van der Waals surface area contributed by atoms with Crippen molar-refractivity contribution in [3.05, 3.63) is 28.8 Å². The SMILES string of the molecule is Clc1ccc2c(c1)C1(CCN(C3CCCCC3)CC1)CN2.[HH]. The molecule has 0 atom stereocenters. The lowest BCUT2D eigenvalue weighted by molar-refractivity contribution is 0.0982. The van der Waals surface area contributed by atoms with Crippen LogP contribution in [-0.4, -0.2) is 30.6 Å². The van der Waals surface area contributed by atoms with E-state index in [2.05, 4.69) is 22.3 Å². The predicted molar refractivity (Wildman–Crippen MR) is 91.4 cm³/mol. The predicted octanol–water partition coefficient (Wildman–Crippen LogP) is 4.68. The van der Waals surface area contributed by atoms with E-state index >= 15 is 0 Å². The van der Waals surface area contributed by atoms with Crippen molar-refractivity contribution < 1.29 is 1.43 Å². The molecular formula is C18H27ClN2. The Morgan fingerprint density at radius 2 is 1.90 bits per heavy atom. The first kappa shape index (κ1) is 13.9. The number of piperidine rings is 1. The monoisotopic (exact) mass is 306 g/mol. The number of nitrogens with zero attached hydrogens (tertiary/aromatic N) is 1. The maximum Gasteiger partial charge on any atom is 0.0410 e. The number of likely N-dealkylation sites (tertiary alicyclic amines) is 1. The van der Waals surface area contributed by atoms with Gasteiger partial charge in [0, 0.05) is 30.1 Å². The lowest BCUT2D eigenvalue weighted by Crippen LogP contribution is -2.48. The number of nitrogens with one attached hydrogen (secondary N) is 1. The van der Waals surface area contributed by atoms with Crippen molar-refractivity contribution in [1.29, 1.82) is 0 Å². The summed E-state index contributed by atoms with van der Waals surface area (Å²) in [5.41, 5.74) is 3.12. The summed E-state index contributed by atoms with van der Waals surface area (Å²) in [6.45, 7) is 3.62. The van der Waals surface area contributed by atoms with Crippen LogP contribution in [0.5, 0.6) is 0 Å². The maximum absolute atomic E-state index is 6.24. The molecule has 0 bridgehead atoms.